The molecule has 3 rings (SSSR count). The predicted molar refractivity (Wildman–Crippen MR) is 77.3 cm³/mol. The van der Waals surface area contributed by atoms with Crippen molar-refractivity contribution >= 4 is 32.2 Å². The molecule has 2 N–H and O–H groups in total. The second-order valence-electron chi connectivity index (χ2n) is 5.77. The van der Waals surface area contributed by atoms with E-state index in [0.29, 0.717) is 0 Å². The van der Waals surface area contributed by atoms with Crippen molar-refractivity contribution in [2.45, 2.75) is 30.6 Å². The molecule has 0 amide bonds. The maximum absolute atomic E-state index is 11.9. The third-order valence-corrected chi connectivity index (χ3v) is 5.86. The molecule has 106 valence electrons. The first-order valence-electron chi connectivity index (χ1n) is 6.65. The van der Waals surface area contributed by atoms with Crippen LogP contribution in [0.4, 0.5) is 10.8 Å². The molecule has 0 spiro atoms. The summed E-state index contributed by atoms with van der Waals surface area (Å²) in [6.07, 6.45) is 6.23. The molecule has 1 aromatic rings. The van der Waals surface area contributed by atoms with Gasteiger partial charge in [-0.1, -0.05) is 0 Å². The van der Waals surface area contributed by atoms with E-state index in [2.05, 4.69) is 9.27 Å². The molecule has 0 aliphatic heterocycles. The van der Waals surface area contributed by atoms with Crippen molar-refractivity contribution < 1.29 is 8.42 Å². The molecule has 5 nitrogen and oxygen atoms in total. The molecule has 0 radical (unpaired) electrons. The lowest BCUT2D eigenvalue weighted by Crippen LogP contribution is -2.28. The minimum absolute atomic E-state index is 0.152. The van der Waals surface area contributed by atoms with Crippen LogP contribution in [0.15, 0.2) is 4.90 Å². The number of sulfone groups is 1. The fourth-order valence-electron chi connectivity index (χ4n) is 2.30. The first kappa shape index (κ1) is 13.2. The van der Waals surface area contributed by atoms with Gasteiger partial charge in [0.05, 0.1) is 0 Å². The summed E-state index contributed by atoms with van der Waals surface area (Å²) in [5.41, 5.74) is 5.75. The molecule has 19 heavy (non-hydrogen) atoms. The van der Waals surface area contributed by atoms with Crippen molar-refractivity contribution in [2.24, 2.45) is 11.8 Å². The standard InChI is InChI=1S/C12H19N3O2S2/c1-19(16,17)10-11(13)14-18-12(10)15(6-8-2-3-8)7-9-4-5-9/h8-9H,2-7H2,1H3,(H2,13,14). The molecule has 1 aromatic heterocycles. The van der Waals surface area contributed by atoms with Gasteiger partial charge in [-0.05, 0) is 49.1 Å². The molecule has 2 aliphatic carbocycles. The summed E-state index contributed by atoms with van der Waals surface area (Å²) in [5, 5.41) is 0.749. The summed E-state index contributed by atoms with van der Waals surface area (Å²) in [7, 11) is -3.32. The molecule has 7 heteroatoms. The van der Waals surface area contributed by atoms with Gasteiger partial charge in [-0.2, -0.15) is 4.37 Å². The Morgan fingerprint density at radius 2 is 1.79 bits per heavy atom. The van der Waals surface area contributed by atoms with Crippen molar-refractivity contribution in [1.29, 1.82) is 0 Å². The molecule has 0 aromatic carbocycles. The molecule has 2 fully saturated rings. The number of hydrogen-bond acceptors (Lipinski definition) is 6. The molecule has 2 saturated carbocycles. The van der Waals surface area contributed by atoms with E-state index >= 15 is 0 Å². The van der Waals surface area contributed by atoms with Crippen molar-refractivity contribution in [3.8, 4) is 0 Å². The summed E-state index contributed by atoms with van der Waals surface area (Å²) in [4.78, 5) is 2.44. The molecule has 0 bridgehead atoms. The van der Waals surface area contributed by atoms with Crippen LogP contribution in [0.5, 0.6) is 0 Å². The van der Waals surface area contributed by atoms with E-state index in [4.69, 9.17) is 5.73 Å². The first-order chi connectivity index (χ1) is 8.95. The van der Waals surface area contributed by atoms with E-state index in [0.717, 1.165) is 29.9 Å². The summed E-state index contributed by atoms with van der Waals surface area (Å²) >= 11 is 1.22. The van der Waals surface area contributed by atoms with Gasteiger partial charge in [0.15, 0.2) is 15.7 Å². The topological polar surface area (TPSA) is 76.3 Å². The molecular formula is C12H19N3O2S2. The molecule has 0 atom stereocenters. The van der Waals surface area contributed by atoms with Gasteiger partial charge in [-0.15, -0.1) is 0 Å². The highest BCUT2D eigenvalue weighted by Crippen LogP contribution is 2.40. The molecule has 0 saturated heterocycles. The summed E-state index contributed by atoms with van der Waals surface area (Å²) < 4.78 is 27.9. The largest absolute Gasteiger partial charge is 0.382 e. The van der Waals surface area contributed by atoms with E-state index in [-0.39, 0.29) is 10.7 Å². The fraction of sp³-hybridized carbons (Fsp3) is 0.750. The maximum Gasteiger partial charge on any atom is 0.182 e. The highest BCUT2D eigenvalue weighted by atomic mass is 32.2. The Kier molecular flexibility index (Phi) is 3.21. The van der Waals surface area contributed by atoms with Crippen LogP contribution < -0.4 is 10.6 Å². The molecule has 2 aliphatic rings. The molecule has 1 heterocycles. The average Bonchev–Trinajstić information content (AvgIpc) is 3.20. The van der Waals surface area contributed by atoms with Crippen LogP contribution in [0.1, 0.15) is 25.7 Å². The smallest absolute Gasteiger partial charge is 0.182 e. The Morgan fingerprint density at radius 3 is 2.21 bits per heavy atom. The van der Waals surface area contributed by atoms with Crippen molar-refractivity contribution in [1.82, 2.24) is 4.37 Å². The summed E-state index contributed by atoms with van der Waals surface area (Å²) in [6, 6.07) is 0. The minimum Gasteiger partial charge on any atom is -0.382 e. The number of nitrogens with zero attached hydrogens (tertiary/aromatic N) is 2. The highest BCUT2D eigenvalue weighted by Gasteiger charge is 2.33. The van der Waals surface area contributed by atoms with Gasteiger partial charge in [0.1, 0.15) is 9.90 Å². The van der Waals surface area contributed by atoms with Gasteiger partial charge < -0.3 is 10.6 Å². The fourth-order valence-corrected chi connectivity index (χ4v) is 4.52. The summed E-state index contributed by atoms with van der Waals surface area (Å²) in [5.74, 6) is 1.59. The van der Waals surface area contributed by atoms with Crippen LogP contribution in [-0.2, 0) is 9.84 Å². The Bertz CT molecular complexity index is 560. The number of aromatic nitrogens is 1. The lowest BCUT2D eigenvalue weighted by Gasteiger charge is -2.23. The van der Waals surface area contributed by atoms with Gasteiger partial charge in [0.25, 0.3) is 0 Å². The van der Waals surface area contributed by atoms with Crippen LogP contribution in [0.3, 0.4) is 0 Å². The Morgan fingerprint density at radius 1 is 1.26 bits per heavy atom. The van der Waals surface area contributed by atoms with E-state index in [1.54, 1.807) is 0 Å². The zero-order valence-corrected chi connectivity index (χ0v) is 12.6. The van der Waals surface area contributed by atoms with Gasteiger partial charge in [-0.3, -0.25) is 0 Å². The zero-order valence-electron chi connectivity index (χ0n) is 11.0. The van der Waals surface area contributed by atoms with Crippen molar-refractivity contribution in [3.63, 3.8) is 0 Å². The van der Waals surface area contributed by atoms with E-state index in [9.17, 15) is 8.42 Å². The quantitative estimate of drug-likeness (QED) is 0.866. The lowest BCUT2D eigenvalue weighted by atomic mass is 10.3. The normalized spacial score (nSPS) is 19.6. The van der Waals surface area contributed by atoms with Gasteiger partial charge in [-0.25, -0.2) is 8.42 Å². The second-order valence-corrected chi connectivity index (χ2v) is 8.47. The number of hydrogen-bond donors (Lipinski definition) is 1. The number of anilines is 2. The maximum atomic E-state index is 11.9. The van der Waals surface area contributed by atoms with E-state index < -0.39 is 9.84 Å². The van der Waals surface area contributed by atoms with Crippen molar-refractivity contribution in [2.75, 3.05) is 30.0 Å². The Labute approximate surface area is 117 Å². The van der Waals surface area contributed by atoms with Gasteiger partial charge in [0.2, 0.25) is 0 Å². The van der Waals surface area contributed by atoms with Crippen LogP contribution in [0, 0.1) is 11.8 Å². The van der Waals surface area contributed by atoms with Gasteiger partial charge >= 0.3 is 0 Å². The van der Waals surface area contributed by atoms with Crippen LogP contribution in [0.25, 0.3) is 0 Å². The summed E-state index contributed by atoms with van der Waals surface area (Å²) in [6.45, 7) is 1.89. The molecule has 0 unspecified atom stereocenters. The van der Waals surface area contributed by atoms with E-state index in [1.165, 1.54) is 43.5 Å². The highest BCUT2D eigenvalue weighted by molar-refractivity contribution is 7.91. The number of nitrogens with two attached hydrogens (primary N) is 1. The third-order valence-electron chi connectivity index (χ3n) is 3.67. The number of rotatable bonds is 6. The van der Waals surface area contributed by atoms with Crippen LogP contribution in [0.2, 0.25) is 0 Å². The Balaban J connectivity index is 1.91. The monoisotopic (exact) mass is 301 g/mol. The Hall–Kier alpha value is -0.820. The zero-order chi connectivity index (χ0) is 13.6. The van der Waals surface area contributed by atoms with E-state index in [1.807, 2.05) is 0 Å². The van der Waals surface area contributed by atoms with Crippen molar-refractivity contribution in [3.05, 3.63) is 0 Å². The van der Waals surface area contributed by atoms with Crippen LogP contribution in [-0.4, -0.2) is 32.1 Å². The van der Waals surface area contributed by atoms with Gasteiger partial charge in [0, 0.05) is 19.3 Å². The third kappa shape index (κ3) is 3.02. The predicted octanol–water partition coefficient (Wildman–Crippen LogP) is 1.76. The average molecular weight is 301 g/mol. The lowest BCUT2D eigenvalue weighted by molar-refractivity contribution is 0.601. The SMILES string of the molecule is CS(=O)(=O)c1c(N)nsc1N(CC1CC1)CC1CC1. The van der Waals surface area contributed by atoms with Crippen LogP contribution >= 0.6 is 11.5 Å². The number of nitrogen functional groups attached to an aromatic ring is 1. The second kappa shape index (κ2) is 4.63. The minimum atomic E-state index is -3.32. The first-order valence-corrected chi connectivity index (χ1v) is 9.32. The molecular weight excluding hydrogens is 282 g/mol.